The van der Waals surface area contributed by atoms with Gasteiger partial charge in [0.1, 0.15) is 5.56 Å². The zero-order valence-electron chi connectivity index (χ0n) is 13.0. The van der Waals surface area contributed by atoms with Gasteiger partial charge in [-0.2, -0.15) is 13.2 Å². The maximum atomic E-state index is 12.8. The third-order valence-corrected chi connectivity index (χ3v) is 4.62. The number of hydrogen-bond acceptors (Lipinski definition) is 5. The van der Waals surface area contributed by atoms with Gasteiger partial charge in [0.2, 0.25) is 0 Å². The number of aromatic amines is 1. The number of piperazine rings is 1. The SMILES string of the molecule is O=C(c1cc(C(F)(F)F)c[nH]c1=O)N1CCN(Cc2cscn2)CC1. The fourth-order valence-corrected chi connectivity index (χ4v) is 3.18. The minimum atomic E-state index is -4.62. The number of amides is 1. The van der Waals surface area contributed by atoms with E-state index in [0.717, 1.165) is 5.69 Å². The van der Waals surface area contributed by atoms with Gasteiger partial charge in [0.05, 0.1) is 16.8 Å². The van der Waals surface area contributed by atoms with Gasteiger partial charge in [0.15, 0.2) is 0 Å². The molecule has 6 nitrogen and oxygen atoms in total. The Hall–Kier alpha value is -2.20. The second-order valence-electron chi connectivity index (χ2n) is 5.68. The van der Waals surface area contributed by atoms with Crippen molar-refractivity contribution in [1.29, 1.82) is 0 Å². The number of alkyl halides is 3. The summed E-state index contributed by atoms with van der Waals surface area (Å²) in [5.41, 5.74) is 0.345. The van der Waals surface area contributed by atoms with Crippen LogP contribution in [0.2, 0.25) is 0 Å². The molecule has 10 heteroatoms. The van der Waals surface area contributed by atoms with E-state index >= 15 is 0 Å². The van der Waals surface area contributed by atoms with Crippen molar-refractivity contribution in [1.82, 2.24) is 19.8 Å². The average Bonchev–Trinajstić information content (AvgIpc) is 3.07. The first-order valence-electron chi connectivity index (χ1n) is 7.53. The van der Waals surface area contributed by atoms with E-state index in [9.17, 15) is 22.8 Å². The normalized spacial score (nSPS) is 16.2. The van der Waals surface area contributed by atoms with Gasteiger partial charge in [-0.15, -0.1) is 11.3 Å². The predicted molar refractivity (Wildman–Crippen MR) is 85.4 cm³/mol. The number of hydrogen-bond donors (Lipinski definition) is 1. The fraction of sp³-hybridized carbons (Fsp3) is 0.400. The van der Waals surface area contributed by atoms with Gasteiger partial charge >= 0.3 is 6.18 Å². The van der Waals surface area contributed by atoms with E-state index in [2.05, 4.69) is 9.88 Å². The predicted octanol–water partition coefficient (Wildman–Crippen LogP) is 1.81. The van der Waals surface area contributed by atoms with Crippen LogP contribution in [0.3, 0.4) is 0 Å². The largest absolute Gasteiger partial charge is 0.417 e. The second kappa shape index (κ2) is 6.96. The van der Waals surface area contributed by atoms with Crippen LogP contribution in [-0.2, 0) is 12.7 Å². The van der Waals surface area contributed by atoms with Crippen LogP contribution in [0.1, 0.15) is 21.6 Å². The van der Waals surface area contributed by atoms with Gasteiger partial charge in [0.25, 0.3) is 11.5 Å². The van der Waals surface area contributed by atoms with Gasteiger partial charge in [0, 0.05) is 44.3 Å². The number of H-pyrrole nitrogens is 1. The lowest BCUT2D eigenvalue weighted by molar-refractivity contribution is -0.137. The first kappa shape index (κ1) is 17.6. The van der Waals surface area contributed by atoms with E-state index in [-0.39, 0.29) is 0 Å². The molecule has 0 aromatic carbocycles. The molecule has 1 aliphatic heterocycles. The summed E-state index contributed by atoms with van der Waals surface area (Å²) in [6, 6.07) is 0.614. The number of aromatic nitrogens is 2. The average molecular weight is 372 g/mol. The Labute approximate surface area is 144 Å². The number of halogens is 3. The van der Waals surface area contributed by atoms with Crippen LogP contribution in [-0.4, -0.2) is 51.9 Å². The third-order valence-electron chi connectivity index (χ3n) is 3.99. The molecule has 3 heterocycles. The van der Waals surface area contributed by atoms with E-state index in [0.29, 0.717) is 45.0 Å². The van der Waals surface area contributed by atoms with Crippen molar-refractivity contribution in [3.8, 4) is 0 Å². The second-order valence-corrected chi connectivity index (χ2v) is 6.40. The molecule has 0 spiro atoms. The molecular formula is C15H15F3N4O2S. The number of thiazole rings is 1. The highest BCUT2D eigenvalue weighted by Gasteiger charge is 2.33. The maximum Gasteiger partial charge on any atom is 0.417 e. The van der Waals surface area contributed by atoms with Gasteiger partial charge in [-0.1, -0.05) is 0 Å². The van der Waals surface area contributed by atoms with E-state index in [1.54, 1.807) is 5.51 Å². The third kappa shape index (κ3) is 4.07. The highest BCUT2D eigenvalue weighted by molar-refractivity contribution is 7.07. The number of nitrogens with one attached hydrogen (secondary N) is 1. The molecule has 0 aliphatic carbocycles. The number of nitrogens with zero attached hydrogens (tertiary/aromatic N) is 3. The molecule has 0 bridgehead atoms. The highest BCUT2D eigenvalue weighted by atomic mass is 32.1. The molecular weight excluding hydrogens is 357 g/mol. The van der Waals surface area contributed by atoms with E-state index in [1.807, 2.05) is 10.4 Å². The van der Waals surface area contributed by atoms with Crippen molar-refractivity contribution in [2.24, 2.45) is 0 Å². The molecule has 1 saturated heterocycles. The van der Waals surface area contributed by atoms with E-state index < -0.39 is 28.8 Å². The summed E-state index contributed by atoms with van der Waals surface area (Å²) in [5, 5.41) is 1.94. The lowest BCUT2D eigenvalue weighted by Gasteiger charge is -2.34. The van der Waals surface area contributed by atoms with Gasteiger partial charge in [-0.05, 0) is 6.07 Å². The number of carbonyl (C=O) groups excluding carboxylic acids is 1. The highest BCUT2D eigenvalue weighted by Crippen LogP contribution is 2.28. The smallest absolute Gasteiger partial charge is 0.336 e. The van der Waals surface area contributed by atoms with Crippen molar-refractivity contribution in [3.63, 3.8) is 0 Å². The molecule has 1 amide bonds. The van der Waals surface area contributed by atoms with Crippen molar-refractivity contribution in [3.05, 3.63) is 50.3 Å². The summed E-state index contributed by atoms with van der Waals surface area (Å²) in [6.45, 7) is 2.49. The minimum absolute atomic E-state index is 0.346. The summed E-state index contributed by atoms with van der Waals surface area (Å²) in [7, 11) is 0. The van der Waals surface area contributed by atoms with Crippen LogP contribution in [0.4, 0.5) is 13.2 Å². The summed E-state index contributed by atoms with van der Waals surface area (Å²) in [5.74, 6) is -0.680. The fourth-order valence-electron chi connectivity index (χ4n) is 2.63. The van der Waals surface area contributed by atoms with Crippen LogP contribution in [0.15, 0.2) is 27.9 Å². The quantitative estimate of drug-likeness (QED) is 0.892. The first-order chi connectivity index (χ1) is 11.8. The van der Waals surface area contributed by atoms with E-state index in [1.165, 1.54) is 16.2 Å². The Morgan fingerprint density at radius 2 is 2.00 bits per heavy atom. The molecule has 3 rings (SSSR count). The minimum Gasteiger partial charge on any atom is -0.336 e. The topological polar surface area (TPSA) is 69.3 Å². The Bertz CT molecular complexity index is 796. The summed E-state index contributed by atoms with van der Waals surface area (Å²) < 4.78 is 38.3. The Kier molecular flexibility index (Phi) is 4.91. The standard InChI is InChI=1S/C15H15F3N4O2S/c16-15(17,18)10-5-12(13(23)19-6-10)14(24)22-3-1-21(2-4-22)7-11-8-25-9-20-11/h5-6,8-9H,1-4,7H2,(H,19,23). The summed E-state index contributed by atoms with van der Waals surface area (Å²) >= 11 is 1.50. The van der Waals surface area contributed by atoms with Crippen molar-refractivity contribution in [2.75, 3.05) is 26.2 Å². The van der Waals surface area contributed by atoms with Crippen molar-refractivity contribution in [2.45, 2.75) is 12.7 Å². The molecule has 1 N–H and O–H groups in total. The van der Waals surface area contributed by atoms with Gasteiger partial charge < -0.3 is 9.88 Å². The molecule has 0 unspecified atom stereocenters. The molecule has 25 heavy (non-hydrogen) atoms. The Morgan fingerprint density at radius 1 is 1.28 bits per heavy atom. The monoisotopic (exact) mass is 372 g/mol. The maximum absolute atomic E-state index is 12.8. The zero-order valence-corrected chi connectivity index (χ0v) is 13.9. The number of carbonyl (C=O) groups is 1. The van der Waals surface area contributed by atoms with Crippen LogP contribution in [0.25, 0.3) is 0 Å². The van der Waals surface area contributed by atoms with Gasteiger partial charge in [-0.3, -0.25) is 14.5 Å². The summed E-state index contributed by atoms with van der Waals surface area (Å²) in [6.07, 6.45) is -4.05. The Balaban J connectivity index is 1.67. The van der Waals surface area contributed by atoms with Crippen molar-refractivity contribution < 1.29 is 18.0 Å². The molecule has 1 fully saturated rings. The molecule has 0 atom stereocenters. The van der Waals surface area contributed by atoms with Crippen LogP contribution in [0.5, 0.6) is 0 Å². The van der Waals surface area contributed by atoms with Crippen LogP contribution in [0, 0.1) is 0 Å². The summed E-state index contributed by atoms with van der Waals surface area (Å²) in [4.78, 5) is 33.9. The molecule has 134 valence electrons. The molecule has 0 radical (unpaired) electrons. The number of rotatable bonds is 3. The molecule has 2 aromatic heterocycles. The Morgan fingerprint density at radius 3 is 2.60 bits per heavy atom. The van der Waals surface area contributed by atoms with Crippen molar-refractivity contribution >= 4 is 17.2 Å². The van der Waals surface area contributed by atoms with Crippen LogP contribution < -0.4 is 5.56 Å². The molecule has 2 aromatic rings. The number of pyridine rings is 1. The van der Waals surface area contributed by atoms with Gasteiger partial charge in [-0.25, -0.2) is 4.98 Å². The molecule has 1 aliphatic rings. The lowest BCUT2D eigenvalue weighted by atomic mass is 10.1. The lowest BCUT2D eigenvalue weighted by Crippen LogP contribution is -2.49. The zero-order chi connectivity index (χ0) is 18.0. The molecule has 0 saturated carbocycles. The van der Waals surface area contributed by atoms with E-state index in [4.69, 9.17) is 0 Å². The van der Waals surface area contributed by atoms with Crippen LogP contribution >= 0.6 is 11.3 Å². The first-order valence-corrected chi connectivity index (χ1v) is 8.47.